The molecule has 10 rings (SSSR count). The van der Waals surface area contributed by atoms with Crippen LogP contribution in [-0.4, -0.2) is 82.3 Å². The zero-order valence-corrected chi connectivity index (χ0v) is 46.9. The largest absolute Gasteiger partial charge is 0.444 e. The summed E-state index contributed by atoms with van der Waals surface area (Å²) >= 11 is 13.1. The van der Waals surface area contributed by atoms with Gasteiger partial charge in [-0.3, -0.25) is 0 Å². The molecule has 3 aliphatic rings. The molecule has 0 spiro atoms. The van der Waals surface area contributed by atoms with Gasteiger partial charge in [0.05, 0.1) is 33.8 Å². The van der Waals surface area contributed by atoms with Crippen LogP contribution in [0.4, 0.5) is 32.9 Å². The van der Waals surface area contributed by atoms with Crippen molar-refractivity contribution < 1.29 is 19.1 Å². The number of fused-ring (bicyclic) bond motifs is 2. The summed E-state index contributed by atoms with van der Waals surface area (Å²) < 4.78 is 11.6. The number of H-pyrrole nitrogens is 1. The fourth-order valence-electron chi connectivity index (χ4n) is 10.5. The van der Waals surface area contributed by atoms with Crippen LogP contribution in [0.5, 0.6) is 0 Å². The monoisotopic (exact) mass is 1110 g/mol. The Balaban J connectivity index is 0.000000205. The number of aromatic nitrogens is 5. The number of carbonyl (C=O) groups excluding carboxylic acids is 2. The van der Waals surface area contributed by atoms with Crippen molar-refractivity contribution in [1.82, 2.24) is 34.7 Å². The highest BCUT2D eigenvalue weighted by Crippen LogP contribution is 2.37. The first-order chi connectivity index (χ1) is 37.3. The number of nitrogens with two attached hydrogens (primary N) is 2. The zero-order chi connectivity index (χ0) is 55.1. The first kappa shape index (κ1) is 57.8. The Morgan fingerprint density at radius 2 is 1.13 bits per heavy atom. The van der Waals surface area contributed by atoms with Gasteiger partial charge in [-0.05, 0) is 152 Å². The molecule has 7 N–H and O–H groups in total. The first-order valence-corrected chi connectivity index (χ1v) is 27.7. The molecule has 3 aliphatic carbocycles. The standard InChI is InChI=1S/C31H36ClN5O2.C30H35ClN6O2.CH4/c1-31(2,3)39-30(38)37(19-20-11-14-22(33)15-12-20)24-9-6-8-23(17-24)35-29-34-18-27(32)28(36-29)26-16-13-21-7-4-5-10-25(21)26;1-30(2,3)39-29(38)37(18-19-11-13-20(32)14-12-19)22-8-6-7-21(15-22)35-28-34-17-25(31)27(36-28)24-16-33-26-10-5-4-9-23(24)26;/h4-5,7,10-12,14-16,18,23-24H,6,8-9,13,17,19,33H2,1-3H3,(H,34,35,36);4-5,9-14,16-17,21-22,33H,6-8,15,18,32H2,1-3H3,(H,34,35,36);1H4/t23-,24+;21-,22+;/m11./s1. The minimum Gasteiger partial charge on any atom is -0.444 e. The normalized spacial score (nSPS) is 17.9. The van der Waals surface area contributed by atoms with E-state index in [0.717, 1.165) is 102 Å². The van der Waals surface area contributed by atoms with E-state index in [0.29, 0.717) is 52.1 Å². The van der Waals surface area contributed by atoms with Crippen LogP contribution in [0.15, 0.2) is 122 Å². The lowest BCUT2D eigenvalue weighted by Gasteiger charge is -2.38. The Morgan fingerprint density at radius 3 is 1.66 bits per heavy atom. The van der Waals surface area contributed by atoms with E-state index < -0.39 is 11.2 Å². The van der Waals surface area contributed by atoms with Gasteiger partial charge in [-0.25, -0.2) is 29.5 Å². The third kappa shape index (κ3) is 15.1. The number of nitrogens with zero attached hydrogens (tertiary/aromatic N) is 6. The number of rotatable bonds is 12. The predicted octanol–water partition coefficient (Wildman–Crippen LogP) is 14.5. The summed E-state index contributed by atoms with van der Waals surface area (Å²) in [5.41, 5.74) is 20.9. The van der Waals surface area contributed by atoms with Gasteiger partial charge in [0.2, 0.25) is 11.9 Å². The average molecular weight is 1110 g/mol. The van der Waals surface area contributed by atoms with Gasteiger partial charge in [-0.2, -0.15) is 0 Å². The molecule has 4 aromatic carbocycles. The Hall–Kier alpha value is -7.36. The number of hydrogen-bond acceptors (Lipinski definition) is 12. The molecule has 2 fully saturated rings. The first-order valence-electron chi connectivity index (χ1n) is 26.9. The minimum atomic E-state index is -0.585. The molecular formula is C62H75Cl2N11O4. The molecule has 0 aliphatic heterocycles. The van der Waals surface area contributed by atoms with Crippen LogP contribution in [0.1, 0.15) is 128 Å². The van der Waals surface area contributed by atoms with Gasteiger partial charge in [0, 0.05) is 76.9 Å². The van der Waals surface area contributed by atoms with E-state index in [1.54, 1.807) is 12.4 Å². The van der Waals surface area contributed by atoms with Crippen LogP contribution in [-0.2, 0) is 29.0 Å². The van der Waals surface area contributed by atoms with E-state index in [2.05, 4.69) is 49.9 Å². The summed E-state index contributed by atoms with van der Waals surface area (Å²) in [5, 5.41) is 9.13. The maximum absolute atomic E-state index is 13.3. The molecule has 416 valence electrons. The van der Waals surface area contributed by atoms with Gasteiger partial charge in [0.1, 0.15) is 11.2 Å². The Bertz CT molecular complexity index is 3240. The summed E-state index contributed by atoms with van der Waals surface area (Å²) in [6.07, 6.45) is 14.8. The summed E-state index contributed by atoms with van der Waals surface area (Å²) in [5.74, 6) is 1.07. The summed E-state index contributed by atoms with van der Waals surface area (Å²) in [6, 6.07) is 31.9. The molecule has 2 saturated carbocycles. The molecule has 2 amide bonds. The number of anilines is 4. The molecule has 79 heavy (non-hydrogen) atoms. The van der Waals surface area contributed by atoms with Crippen LogP contribution in [0.2, 0.25) is 10.0 Å². The van der Waals surface area contributed by atoms with Crippen molar-refractivity contribution in [2.24, 2.45) is 0 Å². The lowest BCUT2D eigenvalue weighted by atomic mass is 9.90. The van der Waals surface area contributed by atoms with Gasteiger partial charge < -0.3 is 46.4 Å². The molecule has 7 aromatic rings. The fraction of sp³-hybridized carbons (Fsp3) is 0.387. The smallest absolute Gasteiger partial charge is 0.410 e. The predicted molar refractivity (Wildman–Crippen MR) is 320 cm³/mol. The second-order valence-electron chi connectivity index (χ2n) is 22.5. The Labute approximate surface area is 474 Å². The number of allylic oxidation sites excluding steroid dienone is 1. The number of amides is 2. The highest BCUT2D eigenvalue weighted by molar-refractivity contribution is 6.33. The summed E-state index contributed by atoms with van der Waals surface area (Å²) in [7, 11) is 0. The number of aromatic amines is 1. The van der Waals surface area contributed by atoms with Crippen molar-refractivity contribution >= 4 is 75.1 Å². The highest BCUT2D eigenvalue weighted by Gasteiger charge is 2.35. The van der Waals surface area contributed by atoms with E-state index >= 15 is 0 Å². The molecule has 3 aromatic heterocycles. The number of ether oxygens (including phenoxy) is 2. The summed E-state index contributed by atoms with van der Waals surface area (Å²) in [6.45, 7) is 12.3. The third-order valence-electron chi connectivity index (χ3n) is 14.2. The van der Waals surface area contributed by atoms with Crippen LogP contribution >= 0.6 is 23.2 Å². The number of benzene rings is 4. The lowest BCUT2D eigenvalue weighted by molar-refractivity contribution is 0.00835. The van der Waals surface area contributed by atoms with E-state index in [1.165, 1.54) is 5.56 Å². The second-order valence-corrected chi connectivity index (χ2v) is 23.3. The maximum atomic E-state index is 13.3. The van der Waals surface area contributed by atoms with Crippen molar-refractivity contribution in [3.63, 3.8) is 0 Å². The number of halogens is 2. The van der Waals surface area contributed by atoms with Crippen LogP contribution in [0, 0.1) is 0 Å². The van der Waals surface area contributed by atoms with Crippen molar-refractivity contribution in [2.45, 2.75) is 155 Å². The molecule has 3 heterocycles. The van der Waals surface area contributed by atoms with Gasteiger partial charge in [0.25, 0.3) is 0 Å². The number of hydrogen-bond donors (Lipinski definition) is 5. The molecule has 0 radical (unpaired) electrons. The van der Waals surface area contributed by atoms with Crippen LogP contribution < -0.4 is 22.1 Å². The molecule has 0 saturated heterocycles. The van der Waals surface area contributed by atoms with Crippen LogP contribution in [0.25, 0.3) is 27.7 Å². The van der Waals surface area contributed by atoms with Gasteiger partial charge in [-0.15, -0.1) is 0 Å². The van der Waals surface area contributed by atoms with Gasteiger partial charge in [0.15, 0.2) is 0 Å². The van der Waals surface area contributed by atoms with Crippen LogP contribution in [0.3, 0.4) is 0 Å². The van der Waals surface area contributed by atoms with Crippen molar-refractivity contribution in [1.29, 1.82) is 0 Å². The van der Waals surface area contributed by atoms with Crippen molar-refractivity contribution in [2.75, 3.05) is 22.1 Å². The number of nitrogen functional groups attached to an aromatic ring is 2. The van der Waals surface area contributed by atoms with Gasteiger partial charge >= 0.3 is 12.2 Å². The number of carbonyl (C=O) groups is 2. The second kappa shape index (κ2) is 25.2. The molecule has 0 unspecified atom stereocenters. The molecule has 4 atom stereocenters. The van der Waals surface area contributed by atoms with E-state index in [1.807, 2.05) is 136 Å². The average Bonchev–Trinajstić information content (AvgIpc) is 4.07. The van der Waals surface area contributed by atoms with Crippen molar-refractivity contribution in [3.8, 4) is 11.3 Å². The van der Waals surface area contributed by atoms with Crippen molar-refractivity contribution in [3.05, 3.63) is 160 Å². The molecule has 15 nitrogen and oxygen atoms in total. The summed E-state index contributed by atoms with van der Waals surface area (Å²) in [4.78, 5) is 52.3. The maximum Gasteiger partial charge on any atom is 0.410 e. The molecular weight excluding hydrogens is 1030 g/mol. The SMILES string of the molecule is C.CC(C)(C)OC(=O)N(Cc1ccc(N)cc1)[C@H]1CCC[C@@H](Nc2ncc(Cl)c(-c3c[nH]c4ccccc34)n2)C1.CC(C)(C)OC(=O)N(Cc1ccc(N)cc1)[C@H]1CCC[C@@H](Nc2ncc(Cl)c(C3=CCc4ccccc43)n2)C1. The van der Waals surface area contributed by atoms with Gasteiger partial charge in [-0.1, -0.05) is 103 Å². The lowest BCUT2D eigenvalue weighted by Crippen LogP contribution is -2.47. The minimum absolute atomic E-state index is 0. The quantitative estimate of drug-likeness (QED) is 0.0726. The fourth-order valence-corrected chi connectivity index (χ4v) is 10.9. The topological polar surface area (TPSA) is 203 Å². The van der Waals surface area contributed by atoms with E-state index in [4.69, 9.17) is 54.1 Å². The Morgan fingerprint density at radius 1 is 0.646 bits per heavy atom. The number of para-hydroxylation sites is 1. The van der Waals surface area contributed by atoms with E-state index in [9.17, 15) is 9.59 Å². The van der Waals surface area contributed by atoms with E-state index in [-0.39, 0.29) is 43.8 Å². The third-order valence-corrected chi connectivity index (χ3v) is 14.7. The number of nitrogens with one attached hydrogen (secondary N) is 3. The molecule has 0 bridgehead atoms. The Kier molecular flexibility index (Phi) is 18.4. The molecule has 17 heteroatoms. The zero-order valence-electron chi connectivity index (χ0n) is 45.4. The highest BCUT2D eigenvalue weighted by atomic mass is 35.5.